The number of hydrogen-bond donors (Lipinski definition) is 0. The fraction of sp³-hybridized carbons (Fsp3) is 0.455. The average molecular weight is 401 g/mol. The van der Waals surface area contributed by atoms with Gasteiger partial charge in [-0.1, -0.05) is 48.5 Å². The third kappa shape index (κ3) is 4.72. The maximum absolute atomic E-state index is 2.63. The topological polar surface area (TPSA) is 6.48 Å². The molecular weight excluding hydrogens is 372 g/mol. The Bertz CT molecular complexity index is 626. The maximum atomic E-state index is 2.63. The third-order valence-corrected chi connectivity index (χ3v) is 5.62. The molecule has 0 saturated carbocycles. The van der Waals surface area contributed by atoms with Crippen LogP contribution in [0.4, 0.5) is 0 Å². The van der Waals surface area contributed by atoms with Gasteiger partial charge < -0.3 is 0 Å². The molecule has 0 unspecified atom stereocenters. The minimum atomic E-state index is 0. The zero-order valence-electron chi connectivity index (χ0n) is 15.0. The van der Waals surface area contributed by atoms with E-state index in [1.807, 2.05) is 0 Å². The van der Waals surface area contributed by atoms with Gasteiger partial charge in [-0.05, 0) is 61.0 Å². The van der Waals surface area contributed by atoms with Crippen LogP contribution in [0.2, 0.25) is 0 Å². The Morgan fingerprint density at radius 1 is 0.600 bits per heavy atom. The van der Waals surface area contributed by atoms with Gasteiger partial charge >= 0.3 is 0 Å². The molecule has 0 N–H and O–H groups in total. The first kappa shape index (κ1) is 18.6. The van der Waals surface area contributed by atoms with Crippen LogP contribution < -0.4 is 0 Å². The number of hydrogen-bond acceptors (Lipinski definition) is 2. The van der Waals surface area contributed by atoms with E-state index < -0.39 is 0 Å². The Morgan fingerprint density at radius 2 is 1.00 bits per heavy atom. The highest BCUT2D eigenvalue weighted by Crippen LogP contribution is 2.20. The fourth-order valence-corrected chi connectivity index (χ4v) is 4.16. The van der Waals surface area contributed by atoms with Gasteiger partial charge in [0.15, 0.2) is 0 Å². The Kier molecular flexibility index (Phi) is 6.69. The summed E-state index contributed by atoms with van der Waals surface area (Å²) in [7, 11) is 0. The molecule has 0 radical (unpaired) electrons. The molecule has 2 aromatic carbocycles. The molecule has 0 atom stereocenters. The van der Waals surface area contributed by atoms with Gasteiger partial charge in [-0.25, -0.2) is 0 Å². The molecule has 0 spiro atoms. The molecule has 0 aliphatic carbocycles. The lowest BCUT2D eigenvalue weighted by Gasteiger charge is -2.30. The van der Waals surface area contributed by atoms with Crippen LogP contribution in [-0.4, -0.2) is 36.0 Å². The van der Waals surface area contributed by atoms with Gasteiger partial charge in [-0.15, -0.1) is 17.0 Å². The van der Waals surface area contributed by atoms with Crippen molar-refractivity contribution in [2.75, 3.05) is 26.2 Å². The van der Waals surface area contributed by atoms with Crippen molar-refractivity contribution in [1.29, 1.82) is 0 Å². The molecule has 0 aromatic heterocycles. The summed E-state index contributed by atoms with van der Waals surface area (Å²) in [6.07, 6.45) is 5.08. The van der Waals surface area contributed by atoms with E-state index in [1.165, 1.54) is 63.0 Å². The number of fused-ring (bicyclic) bond motifs is 2. The monoisotopic (exact) mass is 400 g/mol. The zero-order chi connectivity index (χ0) is 16.2. The van der Waals surface area contributed by atoms with Gasteiger partial charge in [0.25, 0.3) is 0 Å². The normalized spacial score (nSPS) is 17.4. The van der Waals surface area contributed by atoms with Crippen molar-refractivity contribution in [2.24, 2.45) is 0 Å². The van der Waals surface area contributed by atoms with Gasteiger partial charge in [0.2, 0.25) is 0 Å². The second-order valence-corrected chi connectivity index (χ2v) is 7.30. The quantitative estimate of drug-likeness (QED) is 0.683. The first-order valence-corrected chi connectivity index (χ1v) is 9.47. The standard InChI is InChI=1S/C22H28N2.BrH/c1-3-9-21-17-23(15-11-19(21)7-1)13-5-6-14-24-16-12-20-8-2-4-10-22(20)18-24;/h1-4,7-10H,5-6,11-18H2;1H. The van der Waals surface area contributed by atoms with Crippen molar-refractivity contribution in [3.63, 3.8) is 0 Å². The smallest absolute Gasteiger partial charge is 0.0236 e. The molecule has 2 heterocycles. The van der Waals surface area contributed by atoms with Crippen molar-refractivity contribution in [2.45, 2.75) is 38.8 Å². The molecular formula is C22H29BrN2. The van der Waals surface area contributed by atoms with E-state index in [1.54, 1.807) is 11.1 Å². The predicted molar refractivity (Wildman–Crippen MR) is 110 cm³/mol. The Balaban J connectivity index is 0.00000182. The van der Waals surface area contributed by atoms with Crippen LogP contribution in [0, 0.1) is 0 Å². The summed E-state index contributed by atoms with van der Waals surface area (Å²) in [4.78, 5) is 5.27. The molecule has 0 bridgehead atoms. The van der Waals surface area contributed by atoms with Crippen LogP contribution in [0.3, 0.4) is 0 Å². The van der Waals surface area contributed by atoms with Gasteiger partial charge in [0.05, 0.1) is 0 Å². The molecule has 0 fully saturated rings. The first-order chi connectivity index (χ1) is 11.9. The van der Waals surface area contributed by atoms with E-state index >= 15 is 0 Å². The largest absolute Gasteiger partial charge is 0.299 e. The van der Waals surface area contributed by atoms with Crippen LogP contribution in [-0.2, 0) is 25.9 Å². The molecule has 2 aromatic rings. The second-order valence-electron chi connectivity index (χ2n) is 7.30. The Labute approximate surface area is 162 Å². The first-order valence-electron chi connectivity index (χ1n) is 9.47. The zero-order valence-corrected chi connectivity index (χ0v) is 16.7. The molecule has 0 amide bonds. The van der Waals surface area contributed by atoms with Gasteiger partial charge in [-0.2, -0.15) is 0 Å². The summed E-state index contributed by atoms with van der Waals surface area (Å²) in [5.74, 6) is 0. The number of nitrogens with zero attached hydrogens (tertiary/aromatic N) is 2. The number of halogens is 1. The van der Waals surface area contributed by atoms with E-state index in [0.29, 0.717) is 0 Å². The lowest BCUT2D eigenvalue weighted by molar-refractivity contribution is 0.222. The van der Waals surface area contributed by atoms with Gasteiger partial charge in [0.1, 0.15) is 0 Å². The fourth-order valence-electron chi connectivity index (χ4n) is 4.16. The summed E-state index contributed by atoms with van der Waals surface area (Å²) in [5.41, 5.74) is 6.19. The summed E-state index contributed by atoms with van der Waals surface area (Å²) < 4.78 is 0. The minimum Gasteiger partial charge on any atom is -0.299 e. The number of benzene rings is 2. The van der Waals surface area contributed by atoms with Gasteiger partial charge in [0, 0.05) is 26.2 Å². The highest BCUT2D eigenvalue weighted by atomic mass is 79.9. The Hall–Kier alpha value is -1.16. The molecule has 0 saturated heterocycles. The number of unbranched alkanes of at least 4 members (excludes halogenated alkanes) is 1. The van der Waals surface area contributed by atoms with Crippen molar-refractivity contribution in [1.82, 2.24) is 9.80 Å². The number of rotatable bonds is 5. The van der Waals surface area contributed by atoms with Crippen LogP contribution in [0.1, 0.15) is 35.1 Å². The molecule has 3 heteroatoms. The van der Waals surface area contributed by atoms with Crippen molar-refractivity contribution >= 4 is 17.0 Å². The molecule has 2 aliphatic rings. The van der Waals surface area contributed by atoms with Crippen LogP contribution in [0.25, 0.3) is 0 Å². The Morgan fingerprint density at radius 3 is 1.44 bits per heavy atom. The lowest BCUT2D eigenvalue weighted by Crippen LogP contribution is -2.33. The highest BCUT2D eigenvalue weighted by Gasteiger charge is 2.17. The summed E-state index contributed by atoms with van der Waals surface area (Å²) >= 11 is 0. The van der Waals surface area contributed by atoms with Gasteiger partial charge in [-0.3, -0.25) is 9.80 Å². The average Bonchev–Trinajstić information content (AvgIpc) is 2.65. The van der Waals surface area contributed by atoms with E-state index in [-0.39, 0.29) is 17.0 Å². The van der Waals surface area contributed by atoms with Crippen molar-refractivity contribution in [3.05, 3.63) is 70.8 Å². The minimum absolute atomic E-state index is 0. The summed E-state index contributed by atoms with van der Waals surface area (Å²) in [6, 6.07) is 17.9. The molecule has 4 rings (SSSR count). The maximum Gasteiger partial charge on any atom is 0.0236 e. The van der Waals surface area contributed by atoms with Crippen LogP contribution in [0.15, 0.2) is 48.5 Å². The third-order valence-electron chi connectivity index (χ3n) is 5.62. The van der Waals surface area contributed by atoms with E-state index in [4.69, 9.17) is 0 Å². The SMILES string of the molecule is Br.c1ccc2c(c1)CCN(CCCCN1CCc3ccccc3C1)C2. The molecule has 25 heavy (non-hydrogen) atoms. The van der Waals surface area contributed by atoms with Crippen LogP contribution in [0.5, 0.6) is 0 Å². The molecule has 2 nitrogen and oxygen atoms in total. The molecule has 134 valence electrons. The lowest BCUT2D eigenvalue weighted by atomic mass is 9.99. The second kappa shape index (κ2) is 8.98. The molecule has 2 aliphatic heterocycles. The van der Waals surface area contributed by atoms with Crippen LogP contribution >= 0.6 is 17.0 Å². The van der Waals surface area contributed by atoms with E-state index in [0.717, 1.165) is 13.1 Å². The summed E-state index contributed by atoms with van der Waals surface area (Å²) in [6.45, 7) is 7.25. The highest BCUT2D eigenvalue weighted by molar-refractivity contribution is 8.93. The summed E-state index contributed by atoms with van der Waals surface area (Å²) in [5, 5.41) is 0. The van der Waals surface area contributed by atoms with Crippen molar-refractivity contribution in [3.8, 4) is 0 Å². The van der Waals surface area contributed by atoms with Crippen molar-refractivity contribution < 1.29 is 0 Å². The van der Waals surface area contributed by atoms with E-state index in [9.17, 15) is 0 Å². The predicted octanol–water partition coefficient (Wildman–Crippen LogP) is 4.46. The van der Waals surface area contributed by atoms with E-state index in [2.05, 4.69) is 58.3 Å².